The van der Waals surface area contributed by atoms with Crippen molar-refractivity contribution in [2.24, 2.45) is 0 Å². The first-order valence-corrected chi connectivity index (χ1v) is 12.0. The van der Waals surface area contributed by atoms with Crippen LogP contribution in [0.3, 0.4) is 0 Å². The third-order valence-corrected chi connectivity index (χ3v) is 6.86. The van der Waals surface area contributed by atoms with Gasteiger partial charge in [0.1, 0.15) is 13.2 Å². The Morgan fingerprint density at radius 3 is 2.90 bits per heavy atom. The number of benzene rings is 1. The summed E-state index contributed by atoms with van der Waals surface area (Å²) >= 11 is 3.00. The van der Waals surface area contributed by atoms with Crippen LogP contribution in [0.2, 0.25) is 0 Å². The van der Waals surface area contributed by atoms with E-state index in [2.05, 4.69) is 20.1 Å². The van der Waals surface area contributed by atoms with Crippen LogP contribution in [0, 0.1) is 0 Å². The van der Waals surface area contributed by atoms with Crippen LogP contribution < -0.4 is 14.8 Å². The summed E-state index contributed by atoms with van der Waals surface area (Å²) < 4.78 is 19.0. The van der Waals surface area contributed by atoms with Crippen LogP contribution in [0.5, 0.6) is 11.5 Å². The highest BCUT2D eigenvalue weighted by Crippen LogP contribution is 2.33. The molecule has 2 aromatic heterocycles. The smallest absolute Gasteiger partial charge is 0.234 e. The topological polar surface area (TPSA) is 87.5 Å². The molecule has 1 aromatic carbocycles. The molecule has 0 bridgehead atoms. The highest BCUT2D eigenvalue weighted by Gasteiger charge is 2.22. The van der Waals surface area contributed by atoms with E-state index in [1.165, 1.54) is 11.8 Å². The molecule has 1 atom stereocenters. The molecule has 31 heavy (non-hydrogen) atoms. The van der Waals surface area contributed by atoms with E-state index in [9.17, 15) is 4.79 Å². The van der Waals surface area contributed by atoms with E-state index in [-0.39, 0.29) is 17.8 Å². The summed E-state index contributed by atoms with van der Waals surface area (Å²) in [7, 11) is 0. The van der Waals surface area contributed by atoms with Gasteiger partial charge in [0.2, 0.25) is 5.91 Å². The van der Waals surface area contributed by atoms with Gasteiger partial charge in [-0.05, 0) is 36.4 Å². The maximum Gasteiger partial charge on any atom is 0.234 e. The molecule has 1 N–H and O–H groups in total. The zero-order valence-corrected chi connectivity index (χ0v) is 18.4. The fourth-order valence-corrected chi connectivity index (χ4v) is 5.05. The predicted molar refractivity (Wildman–Crippen MR) is 119 cm³/mol. The van der Waals surface area contributed by atoms with Gasteiger partial charge in [-0.25, -0.2) is 0 Å². The Hall–Kier alpha value is -2.56. The van der Waals surface area contributed by atoms with E-state index in [0.717, 1.165) is 35.3 Å². The lowest BCUT2D eigenvalue weighted by Crippen LogP contribution is -2.18. The molecule has 0 saturated carbocycles. The fourth-order valence-electron chi connectivity index (χ4n) is 3.59. The van der Waals surface area contributed by atoms with Crippen LogP contribution in [-0.4, -0.2) is 52.3 Å². The quantitative estimate of drug-likeness (QED) is 0.540. The number of nitrogens with zero attached hydrogens (tertiary/aromatic N) is 3. The van der Waals surface area contributed by atoms with Crippen molar-refractivity contribution in [3.05, 3.63) is 35.7 Å². The summed E-state index contributed by atoms with van der Waals surface area (Å²) in [6.07, 6.45) is 2.25. The molecule has 2 aliphatic rings. The van der Waals surface area contributed by atoms with Gasteiger partial charge in [0.15, 0.2) is 22.5 Å². The second kappa shape index (κ2) is 9.29. The first kappa shape index (κ1) is 20.3. The molecule has 1 saturated heterocycles. The largest absolute Gasteiger partial charge is 0.486 e. The van der Waals surface area contributed by atoms with Gasteiger partial charge in [0.05, 0.1) is 23.3 Å². The number of hydrogen-bond acceptors (Lipinski definition) is 8. The minimum absolute atomic E-state index is 0.119. The molecule has 8 nitrogen and oxygen atoms in total. The Balaban J connectivity index is 1.26. The maximum atomic E-state index is 12.6. The Morgan fingerprint density at radius 1 is 1.19 bits per heavy atom. The van der Waals surface area contributed by atoms with E-state index >= 15 is 0 Å². The average molecular weight is 459 g/mol. The molecule has 2 aliphatic heterocycles. The molecule has 4 heterocycles. The average Bonchev–Trinajstić information content (AvgIpc) is 3.55. The SMILES string of the molecule is O=C(CSc1nnc(-c2cccs2)n1CC1CCCO1)Nc1ccc2c(c1)OCCO2. The van der Waals surface area contributed by atoms with E-state index in [0.29, 0.717) is 36.9 Å². The van der Waals surface area contributed by atoms with Crippen molar-refractivity contribution in [2.75, 3.05) is 30.9 Å². The van der Waals surface area contributed by atoms with E-state index in [1.807, 2.05) is 29.6 Å². The number of hydrogen-bond donors (Lipinski definition) is 1. The number of carbonyl (C=O) groups excluding carboxylic acids is 1. The maximum absolute atomic E-state index is 12.6. The summed E-state index contributed by atoms with van der Waals surface area (Å²) in [4.78, 5) is 13.6. The predicted octanol–water partition coefficient (Wildman–Crippen LogP) is 3.69. The van der Waals surface area contributed by atoms with Crippen molar-refractivity contribution in [3.63, 3.8) is 0 Å². The van der Waals surface area contributed by atoms with Crippen LogP contribution in [0.1, 0.15) is 12.8 Å². The Morgan fingerprint density at radius 2 is 2.10 bits per heavy atom. The van der Waals surface area contributed by atoms with Gasteiger partial charge in [-0.3, -0.25) is 9.36 Å². The van der Waals surface area contributed by atoms with Gasteiger partial charge in [0, 0.05) is 18.4 Å². The number of fused-ring (bicyclic) bond motifs is 1. The Labute approximate surface area is 187 Å². The summed E-state index contributed by atoms with van der Waals surface area (Å²) in [6, 6.07) is 9.43. The third kappa shape index (κ3) is 4.70. The highest BCUT2D eigenvalue weighted by molar-refractivity contribution is 7.99. The summed E-state index contributed by atoms with van der Waals surface area (Å²) in [6.45, 7) is 2.52. The molecule has 1 unspecified atom stereocenters. The van der Waals surface area contributed by atoms with Gasteiger partial charge in [-0.1, -0.05) is 17.8 Å². The van der Waals surface area contributed by atoms with Crippen molar-refractivity contribution >= 4 is 34.7 Å². The number of rotatable bonds is 7. The number of aromatic nitrogens is 3. The van der Waals surface area contributed by atoms with Crippen molar-refractivity contribution < 1.29 is 19.0 Å². The molecule has 1 fully saturated rings. The molecule has 1 amide bonds. The van der Waals surface area contributed by atoms with Gasteiger partial charge in [-0.2, -0.15) is 0 Å². The lowest BCUT2D eigenvalue weighted by atomic mass is 10.2. The van der Waals surface area contributed by atoms with Crippen molar-refractivity contribution in [3.8, 4) is 22.2 Å². The molecule has 162 valence electrons. The van der Waals surface area contributed by atoms with Gasteiger partial charge >= 0.3 is 0 Å². The van der Waals surface area contributed by atoms with E-state index in [1.54, 1.807) is 17.4 Å². The van der Waals surface area contributed by atoms with Crippen molar-refractivity contribution in [2.45, 2.75) is 30.6 Å². The van der Waals surface area contributed by atoms with Crippen LogP contribution in [0.15, 0.2) is 40.9 Å². The number of amides is 1. The third-order valence-electron chi connectivity index (χ3n) is 5.03. The molecule has 0 spiro atoms. The molecule has 3 aromatic rings. The van der Waals surface area contributed by atoms with Crippen molar-refractivity contribution in [1.82, 2.24) is 14.8 Å². The molecule has 0 aliphatic carbocycles. The minimum Gasteiger partial charge on any atom is -0.486 e. The standard InChI is InChI=1S/C21H22N4O4S2/c26-19(22-14-5-6-16-17(11-14)29-9-8-28-16)13-31-21-24-23-20(18-4-2-10-30-18)25(21)12-15-3-1-7-27-15/h2,4-6,10-11,15H,1,3,7-9,12-13H2,(H,22,26). The monoisotopic (exact) mass is 458 g/mol. The number of ether oxygens (including phenoxy) is 3. The van der Waals surface area contributed by atoms with Crippen LogP contribution >= 0.6 is 23.1 Å². The van der Waals surface area contributed by atoms with Crippen LogP contribution in [-0.2, 0) is 16.1 Å². The number of nitrogens with one attached hydrogen (secondary N) is 1. The van der Waals surface area contributed by atoms with Crippen LogP contribution in [0.25, 0.3) is 10.7 Å². The molecular weight excluding hydrogens is 436 g/mol. The summed E-state index contributed by atoms with van der Waals surface area (Å²) in [5.41, 5.74) is 0.676. The van der Waals surface area contributed by atoms with E-state index in [4.69, 9.17) is 14.2 Å². The molecule has 5 rings (SSSR count). The molecule has 10 heteroatoms. The number of thiophene rings is 1. The second-order valence-corrected chi connectivity index (χ2v) is 9.11. The van der Waals surface area contributed by atoms with Crippen LogP contribution in [0.4, 0.5) is 5.69 Å². The lowest BCUT2D eigenvalue weighted by molar-refractivity contribution is -0.113. The lowest BCUT2D eigenvalue weighted by Gasteiger charge is -2.19. The first-order valence-electron chi connectivity index (χ1n) is 10.2. The van der Waals surface area contributed by atoms with Gasteiger partial charge in [0.25, 0.3) is 0 Å². The van der Waals surface area contributed by atoms with E-state index < -0.39 is 0 Å². The Bertz CT molecular complexity index is 1050. The molecule has 0 radical (unpaired) electrons. The molecular formula is C21H22N4O4S2. The zero-order valence-electron chi connectivity index (χ0n) is 16.8. The number of anilines is 1. The van der Waals surface area contributed by atoms with Gasteiger partial charge in [-0.15, -0.1) is 21.5 Å². The number of carbonyl (C=O) groups is 1. The number of thioether (sulfide) groups is 1. The minimum atomic E-state index is -0.119. The van der Waals surface area contributed by atoms with Gasteiger partial charge < -0.3 is 19.5 Å². The summed E-state index contributed by atoms with van der Waals surface area (Å²) in [5.74, 6) is 2.27. The second-order valence-electron chi connectivity index (χ2n) is 7.22. The fraction of sp³-hybridized carbons (Fsp3) is 0.381. The first-order chi connectivity index (χ1) is 15.3. The normalized spacial score (nSPS) is 17.6. The Kier molecular flexibility index (Phi) is 6.10. The summed E-state index contributed by atoms with van der Waals surface area (Å²) in [5, 5.41) is 14.4. The highest BCUT2D eigenvalue weighted by atomic mass is 32.2. The van der Waals surface area contributed by atoms with Crippen molar-refractivity contribution in [1.29, 1.82) is 0 Å². The zero-order chi connectivity index (χ0) is 21.0.